The lowest BCUT2D eigenvalue weighted by Crippen LogP contribution is -2.05. The van der Waals surface area contributed by atoms with Crippen molar-refractivity contribution in [1.82, 2.24) is 0 Å². The summed E-state index contributed by atoms with van der Waals surface area (Å²) in [5.41, 5.74) is 0.510. The molecule has 0 N–H and O–H groups in total. The van der Waals surface area contributed by atoms with Crippen LogP contribution in [-0.4, -0.2) is 27.4 Å². The van der Waals surface area contributed by atoms with E-state index < -0.39 is 0 Å². The van der Waals surface area contributed by atoms with Gasteiger partial charge in [-0.15, -0.1) is 0 Å². The first kappa shape index (κ1) is 12.8. The van der Waals surface area contributed by atoms with Gasteiger partial charge in [-0.2, -0.15) is 5.26 Å². The van der Waals surface area contributed by atoms with Crippen molar-refractivity contribution in [2.75, 3.05) is 27.4 Å². The minimum atomic E-state index is 0.436. The van der Waals surface area contributed by atoms with Crippen molar-refractivity contribution in [3.8, 4) is 17.6 Å². The van der Waals surface area contributed by atoms with Gasteiger partial charge in [-0.3, -0.25) is 0 Å². The van der Waals surface area contributed by atoms with Crippen LogP contribution in [0.25, 0.3) is 0 Å². The lowest BCUT2D eigenvalue weighted by atomic mass is 10.2. The number of hydrogen-bond acceptors (Lipinski definition) is 4. The maximum Gasteiger partial charge on any atom is 0.162 e. The zero-order chi connectivity index (χ0) is 12.0. The first-order valence-electron chi connectivity index (χ1n) is 4.62. The molecule has 0 aliphatic rings. The summed E-state index contributed by atoms with van der Waals surface area (Å²) < 4.78 is 16.2. The SMILES string of the molecule is COCCOc1cc(Br)c(C#N)cc1OC. The molecule has 0 spiro atoms. The third-order valence-corrected chi connectivity index (χ3v) is 2.57. The van der Waals surface area contributed by atoms with Crippen LogP contribution in [0, 0.1) is 11.3 Å². The van der Waals surface area contributed by atoms with E-state index in [0.29, 0.717) is 34.7 Å². The molecule has 0 fully saturated rings. The van der Waals surface area contributed by atoms with Gasteiger partial charge in [0.2, 0.25) is 0 Å². The molecular weight excluding hydrogens is 274 g/mol. The first-order valence-corrected chi connectivity index (χ1v) is 5.41. The normalized spacial score (nSPS) is 9.62. The number of rotatable bonds is 5. The molecule has 0 saturated heterocycles. The number of benzene rings is 1. The second-order valence-electron chi connectivity index (χ2n) is 2.94. The van der Waals surface area contributed by atoms with Gasteiger partial charge in [-0.25, -0.2) is 0 Å². The Balaban J connectivity index is 2.91. The minimum Gasteiger partial charge on any atom is -0.493 e. The van der Waals surface area contributed by atoms with E-state index in [2.05, 4.69) is 22.0 Å². The van der Waals surface area contributed by atoms with Crippen LogP contribution >= 0.6 is 15.9 Å². The van der Waals surface area contributed by atoms with Crippen LogP contribution in [-0.2, 0) is 4.74 Å². The number of nitrogens with zero attached hydrogens (tertiary/aromatic N) is 1. The summed E-state index contributed by atoms with van der Waals surface area (Å²) in [6, 6.07) is 5.40. The predicted octanol–water partition coefficient (Wildman–Crippen LogP) is 2.35. The third kappa shape index (κ3) is 3.12. The van der Waals surface area contributed by atoms with Gasteiger partial charge in [0.1, 0.15) is 12.7 Å². The molecule has 0 amide bonds. The van der Waals surface area contributed by atoms with Crippen molar-refractivity contribution in [2.45, 2.75) is 0 Å². The van der Waals surface area contributed by atoms with Gasteiger partial charge in [-0.05, 0) is 22.0 Å². The Morgan fingerprint density at radius 1 is 1.25 bits per heavy atom. The van der Waals surface area contributed by atoms with Crippen LogP contribution in [0.2, 0.25) is 0 Å². The van der Waals surface area contributed by atoms with E-state index in [1.54, 1.807) is 19.2 Å². The maximum atomic E-state index is 8.85. The Morgan fingerprint density at radius 3 is 2.56 bits per heavy atom. The standard InChI is InChI=1S/C11H12BrNO3/c1-14-3-4-16-11-6-9(12)8(7-13)5-10(11)15-2/h5-6H,3-4H2,1-2H3. The molecule has 0 heterocycles. The van der Waals surface area contributed by atoms with Gasteiger partial charge in [-0.1, -0.05) is 0 Å². The van der Waals surface area contributed by atoms with Gasteiger partial charge < -0.3 is 14.2 Å². The summed E-state index contributed by atoms with van der Waals surface area (Å²) in [5, 5.41) is 8.85. The Morgan fingerprint density at radius 2 is 2.00 bits per heavy atom. The predicted molar refractivity (Wildman–Crippen MR) is 62.8 cm³/mol. The molecular formula is C11H12BrNO3. The highest BCUT2D eigenvalue weighted by atomic mass is 79.9. The molecule has 0 bridgehead atoms. The van der Waals surface area contributed by atoms with Crippen molar-refractivity contribution >= 4 is 15.9 Å². The fraction of sp³-hybridized carbons (Fsp3) is 0.364. The molecule has 0 unspecified atom stereocenters. The fourth-order valence-corrected chi connectivity index (χ4v) is 1.54. The van der Waals surface area contributed by atoms with Crippen LogP contribution < -0.4 is 9.47 Å². The second kappa shape index (κ2) is 6.36. The van der Waals surface area contributed by atoms with E-state index in [-0.39, 0.29) is 0 Å². The average Bonchev–Trinajstić information content (AvgIpc) is 2.30. The molecule has 5 heteroatoms. The number of hydrogen-bond donors (Lipinski definition) is 0. The molecule has 0 aliphatic heterocycles. The van der Waals surface area contributed by atoms with Crippen LogP contribution in [0.15, 0.2) is 16.6 Å². The van der Waals surface area contributed by atoms with Gasteiger partial charge in [0.25, 0.3) is 0 Å². The van der Waals surface area contributed by atoms with Crippen molar-refractivity contribution in [3.63, 3.8) is 0 Å². The van der Waals surface area contributed by atoms with E-state index in [1.165, 1.54) is 7.11 Å². The highest BCUT2D eigenvalue weighted by Crippen LogP contribution is 2.33. The van der Waals surface area contributed by atoms with E-state index in [0.717, 1.165) is 0 Å². The lowest BCUT2D eigenvalue weighted by molar-refractivity contribution is 0.144. The van der Waals surface area contributed by atoms with Crippen LogP contribution in [0.4, 0.5) is 0 Å². The molecule has 1 aromatic carbocycles. The van der Waals surface area contributed by atoms with Gasteiger partial charge in [0.05, 0.1) is 19.3 Å². The molecule has 0 atom stereocenters. The lowest BCUT2D eigenvalue weighted by Gasteiger charge is -2.11. The first-order chi connectivity index (χ1) is 7.72. The Bertz CT molecular complexity index is 401. The Hall–Kier alpha value is -1.25. The molecule has 0 saturated carbocycles. The van der Waals surface area contributed by atoms with Crippen molar-refractivity contribution in [2.24, 2.45) is 0 Å². The number of nitriles is 1. The smallest absolute Gasteiger partial charge is 0.162 e. The summed E-state index contributed by atoms with van der Waals surface area (Å²) in [5.74, 6) is 1.13. The summed E-state index contributed by atoms with van der Waals surface area (Å²) in [4.78, 5) is 0. The third-order valence-electron chi connectivity index (χ3n) is 1.92. The molecule has 16 heavy (non-hydrogen) atoms. The van der Waals surface area contributed by atoms with E-state index in [4.69, 9.17) is 19.5 Å². The largest absolute Gasteiger partial charge is 0.493 e. The Kier molecular flexibility index (Phi) is 5.09. The zero-order valence-corrected chi connectivity index (χ0v) is 10.7. The van der Waals surface area contributed by atoms with Crippen molar-refractivity contribution < 1.29 is 14.2 Å². The number of methoxy groups -OCH3 is 2. The highest BCUT2D eigenvalue weighted by Gasteiger charge is 2.09. The van der Waals surface area contributed by atoms with Crippen molar-refractivity contribution in [3.05, 3.63) is 22.2 Å². The molecule has 0 aromatic heterocycles. The summed E-state index contributed by atoms with van der Waals surface area (Å²) >= 11 is 3.29. The quantitative estimate of drug-likeness (QED) is 0.780. The van der Waals surface area contributed by atoms with Crippen LogP contribution in [0.1, 0.15) is 5.56 Å². The summed E-state index contributed by atoms with van der Waals surface area (Å²) in [6.45, 7) is 0.936. The van der Waals surface area contributed by atoms with Gasteiger partial charge in [0.15, 0.2) is 11.5 Å². The van der Waals surface area contributed by atoms with Gasteiger partial charge >= 0.3 is 0 Å². The van der Waals surface area contributed by atoms with Gasteiger partial charge in [0, 0.05) is 17.6 Å². The fourth-order valence-electron chi connectivity index (χ4n) is 1.13. The highest BCUT2D eigenvalue weighted by molar-refractivity contribution is 9.10. The summed E-state index contributed by atoms with van der Waals surface area (Å²) in [7, 11) is 3.14. The summed E-state index contributed by atoms with van der Waals surface area (Å²) in [6.07, 6.45) is 0. The van der Waals surface area contributed by atoms with Crippen LogP contribution in [0.5, 0.6) is 11.5 Å². The zero-order valence-electron chi connectivity index (χ0n) is 9.12. The topological polar surface area (TPSA) is 51.5 Å². The van der Waals surface area contributed by atoms with Crippen molar-refractivity contribution in [1.29, 1.82) is 5.26 Å². The molecule has 1 rings (SSSR count). The molecule has 86 valence electrons. The number of halogens is 1. The average molecular weight is 286 g/mol. The molecule has 1 aromatic rings. The monoisotopic (exact) mass is 285 g/mol. The molecule has 0 aliphatic carbocycles. The Labute approximate surface area is 103 Å². The maximum absolute atomic E-state index is 8.85. The van der Waals surface area contributed by atoms with E-state index in [1.807, 2.05) is 0 Å². The minimum absolute atomic E-state index is 0.436. The van der Waals surface area contributed by atoms with Crippen LogP contribution in [0.3, 0.4) is 0 Å². The number of ether oxygens (including phenoxy) is 3. The second-order valence-corrected chi connectivity index (χ2v) is 3.79. The van der Waals surface area contributed by atoms with E-state index in [9.17, 15) is 0 Å². The van der Waals surface area contributed by atoms with E-state index >= 15 is 0 Å². The molecule has 4 nitrogen and oxygen atoms in total. The molecule has 0 radical (unpaired) electrons.